The second-order valence-corrected chi connectivity index (χ2v) is 7.73. The Labute approximate surface area is 171 Å². The molecule has 2 aliphatic rings. The van der Waals surface area contributed by atoms with E-state index in [0.29, 0.717) is 5.56 Å². The second-order valence-electron chi connectivity index (χ2n) is 7.73. The molecule has 1 aliphatic heterocycles. The fourth-order valence-electron chi connectivity index (χ4n) is 3.65. The van der Waals surface area contributed by atoms with Crippen LogP contribution in [0.4, 0.5) is 17.1 Å². The van der Waals surface area contributed by atoms with E-state index < -0.39 is 0 Å². The number of piperazine rings is 1. The lowest BCUT2D eigenvalue weighted by Crippen LogP contribution is -2.46. The molecule has 0 atom stereocenters. The number of rotatable bonds is 6. The van der Waals surface area contributed by atoms with E-state index in [1.54, 1.807) is 24.3 Å². The van der Waals surface area contributed by atoms with Crippen LogP contribution in [-0.2, 0) is 4.79 Å². The van der Waals surface area contributed by atoms with Crippen LogP contribution in [0.3, 0.4) is 0 Å². The molecule has 1 aliphatic carbocycles. The van der Waals surface area contributed by atoms with Crippen LogP contribution in [0, 0.1) is 5.92 Å². The minimum atomic E-state index is -0.148. The van der Waals surface area contributed by atoms with Gasteiger partial charge in [0.2, 0.25) is 5.91 Å². The van der Waals surface area contributed by atoms with Gasteiger partial charge in [0.15, 0.2) is 0 Å². The highest BCUT2D eigenvalue weighted by Crippen LogP contribution is 2.30. The van der Waals surface area contributed by atoms with E-state index in [4.69, 9.17) is 0 Å². The zero-order valence-electron chi connectivity index (χ0n) is 16.9. The van der Waals surface area contributed by atoms with Gasteiger partial charge >= 0.3 is 0 Å². The number of carbonyl (C=O) groups excluding carboxylic acids is 2. The van der Waals surface area contributed by atoms with E-state index in [1.807, 2.05) is 18.2 Å². The van der Waals surface area contributed by atoms with Crippen molar-refractivity contribution in [2.24, 2.45) is 5.92 Å². The number of hydrogen-bond donors (Lipinski definition) is 2. The molecule has 0 aromatic heterocycles. The zero-order valence-corrected chi connectivity index (χ0v) is 16.9. The maximum atomic E-state index is 12.8. The molecule has 1 saturated heterocycles. The highest BCUT2D eigenvalue weighted by Gasteiger charge is 2.29. The molecule has 0 radical (unpaired) electrons. The fourth-order valence-corrected chi connectivity index (χ4v) is 3.65. The Hall–Kier alpha value is -2.86. The molecule has 2 amide bonds. The number of hydrogen-bond acceptors (Lipinski definition) is 4. The largest absolute Gasteiger partial charge is 0.367 e. The lowest BCUT2D eigenvalue weighted by atomic mass is 10.1. The normalized spacial score (nSPS) is 17.1. The molecule has 0 unspecified atom stereocenters. The van der Waals surface area contributed by atoms with Crippen molar-refractivity contribution in [1.29, 1.82) is 0 Å². The van der Waals surface area contributed by atoms with Gasteiger partial charge in [0.05, 0.1) is 11.4 Å². The SMILES string of the molecule is CCN1CCN(c2ccccc2NC(=O)c2ccc(NC(=O)C3CC3)cc2)CC1. The van der Waals surface area contributed by atoms with Crippen LogP contribution in [0.1, 0.15) is 30.1 Å². The van der Waals surface area contributed by atoms with Crippen LogP contribution in [-0.4, -0.2) is 49.4 Å². The first-order chi connectivity index (χ1) is 14.1. The highest BCUT2D eigenvalue weighted by molar-refractivity contribution is 6.06. The molecule has 0 spiro atoms. The van der Waals surface area contributed by atoms with Gasteiger partial charge in [0.25, 0.3) is 5.91 Å². The molecule has 2 aromatic rings. The topological polar surface area (TPSA) is 64.7 Å². The zero-order chi connectivity index (χ0) is 20.2. The monoisotopic (exact) mass is 392 g/mol. The number of nitrogens with zero attached hydrogens (tertiary/aromatic N) is 2. The Morgan fingerprint density at radius 3 is 2.28 bits per heavy atom. The molecule has 6 heteroatoms. The summed E-state index contributed by atoms with van der Waals surface area (Å²) in [6, 6.07) is 15.0. The average Bonchev–Trinajstić information content (AvgIpc) is 3.60. The highest BCUT2D eigenvalue weighted by atomic mass is 16.2. The van der Waals surface area contributed by atoms with Gasteiger partial charge in [-0.05, 0) is 55.8 Å². The molecule has 29 heavy (non-hydrogen) atoms. The van der Waals surface area contributed by atoms with Crippen molar-refractivity contribution in [2.75, 3.05) is 48.3 Å². The van der Waals surface area contributed by atoms with Crippen molar-refractivity contribution in [3.8, 4) is 0 Å². The van der Waals surface area contributed by atoms with Crippen molar-refractivity contribution in [2.45, 2.75) is 19.8 Å². The Balaban J connectivity index is 1.41. The van der Waals surface area contributed by atoms with Gasteiger partial charge in [-0.2, -0.15) is 0 Å². The number of amides is 2. The van der Waals surface area contributed by atoms with Crippen molar-refractivity contribution in [1.82, 2.24) is 4.90 Å². The van der Waals surface area contributed by atoms with Gasteiger partial charge in [0, 0.05) is 43.3 Å². The summed E-state index contributed by atoms with van der Waals surface area (Å²) in [7, 11) is 0. The van der Waals surface area contributed by atoms with E-state index in [-0.39, 0.29) is 17.7 Å². The molecule has 2 aromatic carbocycles. The molecule has 4 rings (SSSR count). The van der Waals surface area contributed by atoms with Gasteiger partial charge in [-0.25, -0.2) is 0 Å². The summed E-state index contributed by atoms with van der Waals surface area (Å²) in [5.74, 6) is 0.0812. The predicted octanol–water partition coefficient (Wildman–Crippen LogP) is 3.43. The standard InChI is InChI=1S/C23H28N4O2/c1-2-26-13-15-27(16-14-26)21-6-4-3-5-20(21)25-23(29)18-9-11-19(12-10-18)24-22(28)17-7-8-17/h3-6,9-12,17H,2,7-8,13-16H2,1H3,(H,24,28)(H,25,29). The van der Waals surface area contributed by atoms with E-state index >= 15 is 0 Å². The second kappa shape index (κ2) is 8.66. The third-order valence-corrected chi connectivity index (χ3v) is 5.68. The van der Waals surface area contributed by atoms with Crippen molar-refractivity contribution < 1.29 is 9.59 Å². The Bertz CT molecular complexity index is 869. The van der Waals surface area contributed by atoms with E-state index in [2.05, 4.69) is 33.4 Å². The molecular formula is C23H28N4O2. The van der Waals surface area contributed by atoms with Crippen LogP contribution < -0.4 is 15.5 Å². The molecule has 1 saturated carbocycles. The summed E-state index contributed by atoms with van der Waals surface area (Å²) in [6.45, 7) is 7.24. The first-order valence-corrected chi connectivity index (χ1v) is 10.4. The fraction of sp³-hybridized carbons (Fsp3) is 0.391. The molecule has 1 heterocycles. The van der Waals surface area contributed by atoms with Crippen molar-refractivity contribution in [3.63, 3.8) is 0 Å². The van der Waals surface area contributed by atoms with Crippen LogP contribution >= 0.6 is 0 Å². The number of carbonyl (C=O) groups is 2. The summed E-state index contributed by atoms with van der Waals surface area (Å²) >= 11 is 0. The van der Waals surface area contributed by atoms with Crippen molar-refractivity contribution >= 4 is 28.9 Å². The van der Waals surface area contributed by atoms with E-state index in [1.165, 1.54) is 0 Å². The van der Waals surface area contributed by atoms with Crippen LogP contribution in [0.2, 0.25) is 0 Å². The Morgan fingerprint density at radius 2 is 1.62 bits per heavy atom. The number of para-hydroxylation sites is 2. The maximum Gasteiger partial charge on any atom is 0.255 e. The molecule has 2 fully saturated rings. The smallest absolute Gasteiger partial charge is 0.255 e. The van der Waals surface area contributed by atoms with Gasteiger partial charge < -0.3 is 20.4 Å². The lowest BCUT2D eigenvalue weighted by molar-refractivity contribution is -0.117. The summed E-state index contributed by atoms with van der Waals surface area (Å²) in [5.41, 5.74) is 3.19. The van der Waals surface area contributed by atoms with Gasteiger partial charge in [-0.1, -0.05) is 19.1 Å². The molecule has 6 nitrogen and oxygen atoms in total. The summed E-state index contributed by atoms with van der Waals surface area (Å²) in [6.07, 6.45) is 1.94. The molecule has 0 bridgehead atoms. The summed E-state index contributed by atoms with van der Waals surface area (Å²) in [5, 5.41) is 5.96. The van der Waals surface area contributed by atoms with E-state index in [0.717, 1.165) is 62.6 Å². The third kappa shape index (κ3) is 4.77. The molecule has 2 N–H and O–H groups in total. The van der Waals surface area contributed by atoms with Gasteiger partial charge in [0.1, 0.15) is 0 Å². The Kier molecular flexibility index (Phi) is 5.81. The minimum Gasteiger partial charge on any atom is -0.367 e. The maximum absolute atomic E-state index is 12.8. The first kappa shape index (κ1) is 19.5. The number of anilines is 3. The van der Waals surface area contributed by atoms with Crippen molar-refractivity contribution in [3.05, 3.63) is 54.1 Å². The number of nitrogens with one attached hydrogen (secondary N) is 2. The summed E-state index contributed by atoms with van der Waals surface area (Å²) in [4.78, 5) is 29.4. The first-order valence-electron chi connectivity index (χ1n) is 10.4. The predicted molar refractivity (Wildman–Crippen MR) is 117 cm³/mol. The molecule has 152 valence electrons. The third-order valence-electron chi connectivity index (χ3n) is 5.68. The lowest BCUT2D eigenvalue weighted by Gasteiger charge is -2.36. The van der Waals surface area contributed by atoms with E-state index in [9.17, 15) is 9.59 Å². The van der Waals surface area contributed by atoms with Gasteiger partial charge in [-0.3, -0.25) is 9.59 Å². The Morgan fingerprint density at radius 1 is 0.931 bits per heavy atom. The average molecular weight is 393 g/mol. The summed E-state index contributed by atoms with van der Waals surface area (Å²) < 4.78 is 0. The number of benzene rings is 2. The van der Waals surface area contributed by atoms with Crippen LogP contribution in [0.15, 0.2) is 48.5 Å². The van der Waals surface area contributed by atoms with Gasteiger partial charge in [-0.15, -0.1) is 0 Å². The van der Waals surface area contributed by atoms with Crippen LogP contribution in [0.5, 0.6) is 0 Å². The quantitative estimate of drug-likeness (QED) is 0.791. The minimum absolute atomic E-state index is 0.0688. The number of likely N-dealkylation sites (N-methyl/N-ethyl adjacent to an activating group) is 1. The van der Waals surface area contributed by atoms with Crippen LogP contribution in [0.25, 0.3) is 0 Å². The molecular weight excluding hydrogens is 364 g/mol.